The molecule has 1 fully saturated rings. The Bertz CT molecular complexity index is 1510. The first kappa shape index (κ1) is 35.0. The van der Waals surface area contributed by atoms with Crippen molar-refractivity contribution in [2.75, 3.05) is 68.6 Å². The summed E-state index contributed by atoms with van der Waals surface area (Å²) in [5, 5.41) is 3.08. The standard InChI is InChI=1S/C32H43N7O4S.C2H6/c1-32(2,3)22-19-23(29(42-6)24(20-22)36-44(7)41)34-30(40)26-18-21-9-8-10-27(25(17-21)38(26)5)43-28-11-12-33-31(35-28)39-15-13-37(4)14-16-39;1-2/h8-12,18-21,25,36H,13-17H2,1-7H3,(H,34,40);1-2H3. The number of nitrogens with zero attached hydrogens (tertiary/aromatic N) is 5. The van der Waals surface area contributed by atoms with Gasteiger partial charge in [0, 0.05) is 51.7 Å². The number of ether oxygens (including phenoxy) is 2. The predicted octanol–water partition coefficient (Wildman–Crippen LogP) is 4.94. The molecule has 5 rings (SSSR count). The second kappa shape index (κ2) is 15.1. The molecule has 0 spiro atoms. The van der Waals surface area contributed by atoms with Gasteiger partial charge in [0.05, 0.1) is 30.2 Å². The van der Waals surface area contributed by atoms with E-state index in [9.17, 15) is 9.00 Å². The third-order valence-corrected chi connectivity index (χ3v) is 8.69. The SMILES string of the molecule is CC.COc1c(NC(=O)C2=CC3C=CC=C(Oc4ccnc(N5CCN(C)CC5)n4)C(C3)N2C)cc(C(C)(C)C)cc1NS(C)=O. The van der Waals surface area contributed by atoms with Crippen molar-refractivity contribution in [3.8, 4) is 11.6 Å². The summed E-state index contributed by atoms with van der Waals surface area (Å²) in [7, 11) is 4.22. The fourth-order valence-corrected chi connectivity index (χ4v) is 6.08. The van der Waals surface area contributed by atoms with E-state index in [1.807, 2.05) is 56.2 Å². The number of piperazine rings is 1. The Balaban J connectivity index is 0.00000235. The maximum atomic E-state index is 13.9. The van der Waals surface area contributed by atoms with Crippen molar-refractivity contribution in [3.63, 3.8) is 0 Å². The maximum Gasteiger partial charge on any atom is 0.271 e. The average molecular weight is 652 g/mol. The summed E-state index contributed by atoms with van der Waals surface area (Å²) in [6.45, 7) is 13.9. The van der Waals surface area contributed by atoms with Gasteiger partial charge < -0.3 is 34.2 Å². The molecule has 1 aromatic carbocycles. The van der Waals surface area contributed by atoms with Crippen molar-refractivity contribution < 1.29 is 18.5 Å². The van der Waals surface area contributed by atoms with Gasteiger partial charge in [0.1, 0.15) is 16.7 Å². The lowest BCUT2D eigenvalue weighted by molar-refractivity contribution is -0.114. The fourth-order valence-electron chi connectivity index (χ4n) is 5.62. The number of nitrogens with one attached hydrogen (secondary N) is 2. The van der Waals surface area contributed by atoms with E-state index in [0.717, 1.165) is 38.2 Å². The van der Waals surface area contributed by atoms with E-state index in [0.29, 0.717) is 40.4 Å². The van der Waals surface area contributed by atoms with Crippen LogP contribution in [0.3, 0.4) is 0 Å². The molecule has 0 saturated carbocycles. The van der Waals surface area contributed by atoms with Crippen LogP contribution in [0.2, 0.25) is 0 Å². The van der Waals surface area contributed by atoms with Gasteiger partial charge in [-0.1, -0.05) is 46.8 Å². The Morgan fingerprint density at radius 3 is 2.43 bits per heavy atom. The zero-order valence-electron chi connectivity index (χ0n) is 28.6. The molecule has 3 unspecified atom stereocenters. The molecular formula is C34H49N7O4S. The molecule has 1 saturated heterocycles. The molecule has 0 radical (unpaired) electrons. The molecule has 11 nitrogen and oxygen atoms in total. The monoisotopic (exact) mass is 651 g/mol. The third-order valence-electron chi connectivity index (χ3n) is 8.18. The van der Waals surface area contributed by atoms with Gasteiger partial charge >= 0.3 is 0 Å². The molecule has 3 heterocycles. The number of benzene rings is 1. The average Bonchev–Trinajstić information content (AvgIpc) is 3.18. The molecule has 250 valence electrons. The van der Waals surface area contributed by atoms with E-state index in [1.165, 1.54) is 7.11 Å². The number of hydrogen-bond acceptors (Lipinski definition) is 9. The Hall–Kier alpha value is -3.90. The van der Waals surface area contributed by atoms with E-state index < -0.39 is 11.0 Å². The summed E-state index contributed by atoms with van der Waals surface area (Å²) in [6, 6.07) is 5.41. The molecule has 46 heavy (non-hydrogen) atoms. The summed E-state index contributed by atoms with van der Waals surface area (Å²) >= 11 is 0. The molecule has 12 heteroatoms. The highest BCUT2D eigenvalue weighted by molar-refractivity contribution is 7.85. The van der Waals surface area contributed by atoms with Crippen LogP contribution in [-0.4, -0.2) is 89.6 Å². The van der Waals surface area contributed by atoms with Crippen LogP contribution in [0.5, 0.6) is 11.6 Å². The number of anilines is 3. The third kappa shape index (κ3) is 8.27. The molecule has 1 aromatic heterocycles. The van der Waals surface area contributed by atoms with E-state index in [-0.39, 0.29) is 23.3 Å². The highest BCUT2D eigenvalue weighted by Gasteiger charge is 2.34. The molecule has 2 aliphatic heterocycles. The number of amides is 1. The number of methoxy groups -OCH3 is 1. The lowest BCUT2D eigenvalue weighted by Crippen LogP contribution is -2.45. The summed E-state index contributed by atoms with van der Waals surface area (Å²) < 4.78 is 27.1. The molecule has 1 aliphatic carbocycles. The number of likely N-dealkylation sites (N-methyl/N-ethyl adjacent to an activating group) is 2. The largest absolute Gasteiger partial charge is 0.492 e. The highest BCUT2D eigenvalue weighted by atomic mass is 32.2. The van der Waals surface area contributed by atoms with Gasteiger partial charge in [-0.3, -0.25) is 4.79 Å². The Morgan fingerprint density at radius 2 is 1.78 bits per heavy atom. The van der Waals surface area contributed by atoms with Gasteiger partial charge in [-0.25, -0.2) is 9.19 Å². The number of carbonyl (C=O) groups is 1. The van der Waals surface area contributed by atoms with Gasteiger partial charge in [0.15, 0.2) is 5.75 Å². The highest BCUT2D eigenvalue weighted by Crippen LogP contribution is 2.40. The molecule has 1 amide bonds. The zero-order chi connectivity index (χ0) is 33.6. The number of carbonyl (C=O) groups excluding carboxylic acids is 1. The van der Waals surface area contributed by atoms with Gasteiger partial charge in [-0.05, 0) is 54.6 Å². The Kier molecular flexibility index (Phi) is 11.5. The van der Waals surface area contributed by atoms with Crippen molar-refractivity contribution >= 4 is 34.2 Å². The Labute approximate surface area is 276 Å². The summed E-state index contributed by atoms with van der Waals surface area (Å²) in [4.78, 5) is 29.5. The van der Waals surface area contributed by atoms with Crippen LogP contribution in [0.4, 0.5) is 17.3 Å². The zero-order valence-corrected chi connectivity index (χ0v) is 29.4. The number of allylic oxidation sites excluding steroid dienone is 4. The Morgan fingerprint density at radius 1 is 1.09 bits per heavy atom. The van der Waals surface area contributed by atoms with Crippen LogP contribution < -0.4 is 24.4 Å². The first-order valence-electron chi connectivity index (χ1n) is 15.8. The predicted molar refractivity (Wildman–Crippen MR) is 187 cm³/mol. The van der Waals surface area contributed by atoms with Crippen LogP contribution in [0.15, 0.2) is 60.2 Å². The maximum absolute atomic E-state index is 13.9. The van der Waals surface area contributed by atoms with Crippen LogP contribution in [0, 0.1) is 5.92 Å². The minimum absolute atomic E-state index is 0.0446. The first-order valence-corrected chi connectivity index (χ1v) is 17.4. The normalized spacial score (nSPS) is 20.4. The van der Waals surface area contributed by atoms with E-state index in [2.05, 4.69) is 58.7 Å². The van der Waals surface area contributed by atoms with Crippen LogP contribution in [-0.2, 0) is 21.2 Å². The van der Waals surface area contributed by atoms with E-state index in [4.69, 9.17) is 14.5 Å². The van der Waals surface area contributed by atoms with Crippen molar-refractivity contribution in [2.24, 2.45) is 5.92 Å². The topological polar surface area (TPSA) is 112 Å². The van der Waals surface area contributed by atoms with E-state index >= 15 is 0 Å². The fraction of sp³-hybridized carbons (Fsp3) is 0.500. The van der Waals surface area contributed by atoms with Crippen molar-refractivity contribution in [3.05, 3.63) is 65.7 Å². The minimum atomic E-state index is -1.33. The molecule has 2 aromatic rings. The molecule has 2 N–H and O–H groups in total. The summed E-state index contributed by atoms with van der Waals surface area (Å²) in [5.41, 5.74) is 2.31. The second-order valence-electron chi connectivity index (χ2n) is 12.5. The van der Waals surface area contributed by atoms with Gasteiger partial charge in [0.2, 0.25) is 11.8 Å². The molecule has 3 aliphatic rings. The van der Waals surface area contributed by atoms with Gasteiger partial charge in [-0.2, -0.15) is 4.98 Å². The molecule has 3 atom stereocenters. The lowest BCUT2D eigenvalue weighted by Gasteiger charge is -2.37. The summed E-state index contributed by atoms with van der Waals surface area (Å²) in [5.74, 6) is 2.02. The van der Waals surface area contributed by atoms with Gasteiger partial charge in [-0.15, -0.1) is 0 Å². The smallest absolute Gasteiger partial charge is 0.271 e. The van der Waals surface area contributed by atoms with Crippen molar-refractivity contribution in [1.29, 1.82) is 0 Å². The summed E-state index contributed by atoms with van der Waals surface area (Å²) in [6.07, 6.45) is 12.0. The van der Waals surface area contributed by atoms with Crippen LogP contribution >= 0.6 is 0 Å². The molecular weight excluding hydrogens is 602 g/mol. The lowest BCUT2D eigenvalue weighted by atomic mass is 9.86. The number of fused-ring (bicyclic) bond motifs is 2. The van der Waals surface area contributed by atoms with Gasteiger partial charge in [0.25, 0.3) is 5.91 Å². The van der Waals surface area contributed by atoms with Crippen molar-refractivity contribution in [2.45, 2.75) is 52.5 Å². The van der Waals surface area contributed by atoms with Crippen LogP contribution in [0.25, 0.3) is 0 Å². The minimum Gasteiger partial charge on any atom is -0.492 e. The number of hydrogen-bond donors (Lipinski definition) is 2. The molecule has 2 bridgehead atoms. The quantitative estimate of drug-likeness (QED) is 0.410. The number of aromatic nitrogens is 2. The first-order chi connectivity index (χ1) is 21.9. The van der Waals surface area contributed by atoms with Crippen molar-refractivity contribution in [1.82, 2.24) is 19.8 Å². The number of rotatable bonds is 8. The van der Waals surface area contributed by atoms with E-state index in [1.54, 1.807) is 18.5 Å². The second-order valence-corrected chi connectivity index (χ2v) is 13.6. The van der Waals surface area contributed by atoms with Crippen LogP contribution in [0.1, 0.15) is 46.6 Å².